The number of anilines is 2. The van der Waals surface area contributed by atoms with Crippen molar-refractivity contribution >= 4 is 28.6 Å². The van der Waals surface area contributed by atoms with E-state index >= 15 is 0 Å². The Morgan fingerprint density at radius 1 is 1.10 bits per heavy atom. The molecule has 5 heterocycles. The average Bonchev–Trinajstić information content (AvgIpc) is 3.74. The van der Waals surface area contributed by atoms with E-state index in [9.17, 15) is 23.1 Å². The minimum atomic E-state index is -4.69. The largest absolute Gasteiger partial charge is 1.00 e. The number of rotatable bonds is 13. The second-order valence-corrected chi connectivity index (χ2v) is 13.5. The topological polar surface area (TPSA) is 149 Å². The molecule has 17 heteroatoms. The Morgan fingerprint density at radius 2 is 1.87 bits per heavy atom. The molecule has 6 rings (SSSR count). The number of aliphatic carboxylic acids is 1. The number of carbonyl (C=O) groups excluding carboxylic acids is 1. The molecule has 13 nitrogen and oxygen atoms in total. The number of pyridine rings is 2. The SMILES string of the molecule is CCOc1cc(-c2cc(N(C)CC3(COC)CCCC3)c3[nH]c(-c4cnc(N5CCN(CCC(=O)[O-])[C@H](C)C5)cn4)nc3n2)cc(C(F)(F)F)n1.[Na+]. The molecule has 0 spiro atoms. The third kappa shape index (κ3) is 8.96. The summed E-state index contributed by atoms with van der Waals surface area (Å²) in [5.74, 6) is -0.104. The number of fused-ring (bicyclic) bond motifs is 1. The quantitative estimate of drug-likeness (QED) is 0.197. The van der Waals surface area contributed by atoms with Gasteiger partial charge in [0, 0.05) is 75.9 Å². The molecular formula is C35H43F3N9NaO4. The van der Waals surface area contributed by atoms with Gasteiger partial charge in [0.2, 0.25) is 5.88 Å². The number of halogens is 3. The van der Waals surface area contributed by atoms with E-state index in [0.717, 1.165) is 37.4 Å². The van der Waals surface area contributed by atoms with Gasteiger partial charge in [0.25, 0.3) is 0 Å². The van der Waals surface area contributed by atoms with Crippen LogP contribution in [0.2, 0.25) is 0 Å². The molecule has 1 aliphatic heterocycles. The molecule has 4 aromatic heterocycles. The molecule has 0 aromatic carbocycles. The number of aromatic amines is 1. The number of carboxylic acids is 1. The monoisotopic (exact) mass is 733 g/mol. The summed E-state index contributed by atoms with van der Waals surface area (Å²) in [6.07, 6.45) is 2.83. The van der Waals surface area contributed by atoms with E-state index in [1.807, 2.05) is 14.0 Å². The van der Waals surface area contributed by atoms with Crippen LogP contribution in [-0.2, 0) is 15.7 Å². The number of piperazine rings is 1. The summed E-state index contributed by atoms with van der Waals surface area (Å²) in [5.41, 5.74) is 1.47. The van der Waals surface area contributed by atoms with Crippen molar-refractivity contribution in [2.24, 2.45) is 5.41 Å². The second kappa shape index (κ2) is 16.6. The van der Waals surface area contributed by atoms with Crippen LogP contribution >= 0.6 is 0 Å². The standard InChI is InChI=1S/C35H44F3N9O4.Na/c1-5-51-29-15-23(14-27(42-29)35(36,37)38)24-16-26(45(3)20-34(21-50-4)9-6-7-10-34)31-33(41-24)44-32(43-31)25-17-40-28(18-39-25)47-13-12-46(22(2)19-47)11-8-30(48)49;/h14-18,22H,5-13,19-21H2,1-4H3,(H,48,49)(H,41,43,44);/q;+1/p-1/t22-;/m1./s1. The van der Waals surface area contributed by atoms with E-state index in [0.29, 0.717) is 67.8 Å². The Kier molecular flexibility index (Phi) is 12.7. The number of imidazole rings is 1. The number of ether oxygens (including phenoxy) is 2. The minimum absolute atomic E-state index is 0. The maximum Gasteiger partial charge on any atom is 1.00 e. The number of aromatic nitrogens is 6. The number of carbonyl (C=O) groups is 1. The number of carboxylic acid groups (broad SMARTS) is 1. The van der Waals surface area contributed by atoms with Gasteiger partial charge >= 0.3 is 35.7 Å². The van der Waals surface area contributed by atoms with Crippen molar-refractivity contribution in [3.8, 4) is 28.7 Å². The molecule has 1 atom stereocenters. The average molecular weight is 734 g/mol. The third-order valence-electron chi connectivity index (χ3n) is 9.79. The molecule has 0 radical (unpaired) electrons. The van der Waals surface area contributed by atoms with Crippen molar-refractivity contribution < 1.29 is 62.1 Å². The summed E-state index contributed by atoms with van der Waals surface area (Å²) in [6, 6.07) is 4.33. The molecule has 52 heavy (non-hydrogen) atoms. The van der Waals surface area contributed by atoms with Gasteiger partial charge in [-0.15, -0.1) is 0 Å². The molecular weight excluding hydrogens is 690 g/mol. The maximum absolute atomic E-state index is 13.9. The Balaban J connectivity index is 0.00000523. The zero-order valence-electron chi connectivity index (χ0n) is 30.3. The fraction of sp³-hybridized carbons (Fsp3) is 0.543. The van der Waals surface area contributed by atoms with Crippen LogP contribution in [0.5, 0.6) is 5.88 Å². The van der Waals surface area contributed by atoms with Crippen LogP contribution in [-0.4, -0.2) is 107 Å². The molecule has 1 aliphatic carbocycles. The number of alkyl halides is 3. The van der Waals surface area contributed by atoms with Gasteiger partial charge in [0.1, 0.15) is 22.7 Å². The van der Waals surface area contributed by atoms with Crippen molar-refractivity contribution in [2.75, 3.05) is 69.9 Å². The zero-order chi connectivity index (χ0) is 36.3. The number of nitrogens with zero attached hydrogens (tertiary/aromatic N) is 8. The van der Waals surface area contributed by atoms with Crippen LogP contribution in [0.4, 0.5) is 24.7 Å². The molecule has 1 N–H and O–H groups in total. The maximum atomic E-state index is 13.9. The molecule has 274 valence electrons. The van der Waals surface area contributed by atoms with Gasteiger partial charge in [-0.1, -0.05) is 12.8 Å². The van der Waals surface area contributed by atoms with Crippen molar-refractivity contribution in [1.82, 2.24) is 34.8 Å². The summed E-state index contributed by atoms with van der Waals surface area (Å²) in [7, 11) is 3.66. The van der Waals surface area contributed by atoms with E-state index in [2.05, 4.69) is 34.6 Å². The van der Waals surface area contributed by atoms with Crippen molar-refractivity contribution in [1.29, 1.82) is 0 Å². The van der Waals surface area contributed by atoms with Crippen LogP contribution in [0.1, 0.15) is 51.6 Å². The first-order valence-electron chi connectivity index (χ1n) is 17.2. The molecule has 1 saturated heterocycles. The number of H-pyrrole nitrogens is 1. The summed E-state index contributed by atoms with van der Waals surface area (Å²) < 4.78 is 52.8. The van der Waals surface area contributed by atoms with Gasteiger partial charge in [0.15, 0.2) is 11.5 Å². The Morgan fingerprint density at radius 3 is 2.50 bits per heavy atom. The summed E-state index contributed by atoms with van der Waals surface area (Å²) >= 11 is 0. The van der Waals surface area contributed by atoms with Crippen LogP contribution in [0.3, 0.4) is 0 Å². The summed E-state index contributed by atoms with van der Waals surface area (Å²) in [5, 5.41) is 10.9. The number of nitrogens with one attached hydrogen (secondary N) is 1. The van der Waals surface area contributed by atoms with Gasteiger partial charge in [-0.25, -0.2) is 24.9 Å². The van der Waals surface area contributed by atoms with Gasteiger partial charge in [-0.05, 0) is 45.2 Å². The van der Waals surface area contributed by atoms with E-state index < -0.39 is 17.8 Å². The molecule has 1 saturated carbocycles. The van der Waals surface area contributed by atoms with E-state index in [1.165, 1.54) is 6.07 Å². The van der Waals surface area contributed by atoms with Gasteiger partial charge in [-0.3, -0.25) is 4.90 Å². The first kappa shape index (κ1) is 39.6. The van der Waals surface area contributed by atoms with Crippen LogP contribution in [0.15, 0.2) is 30.6 Å². The predicted molar refractivity (Wildman–Crippen MR) is 183 cm³/mol. The van der Waals surface area contributed by atoms with Crippen molar-refractivity contribution in [3.63, 3.8) is 0 Å². The van der Waals surface area contributed by atoms with Gasteiger partial charge in [0.05, 0.1) is 37.0 Å². The smallest absolute Gasteiger partial charge is 0.550 e. The summed E-state index contributed by atoms with van der Waals surface area (Å²) in [6.45, 7) is 7.59. The second-order valence-electron chi connectivity index (χ2n) is 13.5. The van der Waals surface area contributed by atoms with Crippen LogP contribution in [0.25, 0.3) is 33.9 Å². The first-order chi connectivity index (χ1) is 24.4. The molecule has 0 bridgehead atoms. The van der Waals surface area contributed by atoms with E-state index in [-0.39, 0.29) is 71.2 Å². The molecule has 2 aliphatic rings. The van der Waals surface area contributed by atoms with Gasteiger partial charge < -0.3 is 34.2 Å². The predicted octanol–water partition coefficient (Wildman–Crippen LogP) is 1.19. The number of hydrogen-bond acceptors (Lipinski definition) is 12. The number of hydrogen-bond donors (Lipinski definition) is 1. The fourth-order valence-corrected chi connectivity index (χ4v) is 7.31. The summed E-state index contributed by atoms with van der Waals surface area (Å²) in [4.78, 5) is 43.1. The molecule has 4 aromatic rings. The normalized spacial score (nSPS) is 17.7. The van der Waals surface area contributed by atoms with Crippen LogP contribution < -0.4 is 49.2 Å². The number of methoxy groups -OCH3 is 1. The molecule has 0 unspecified atom stereocenters. The van der Waals surface area contributed by atoms with Gasteiger partial charge in [-0.2, -0.15) is 13.2 Å². The fourth-order valence-electron chi connectivity index (χ4n) is 7.31. The molecule has 0 amide bonds. The Labute approximate surface area is 322 Å². The molecule has 2 fully saturated rings. The van der Waals surface area contributed by atoms with Crippen LogP contribution in [0, 0.1) is 5.41 Å². The Hall–Kier alpha value is -3.57. The third-order valence-corrected chi connectivity index (χ3v) is 9.79. The minimum Gasteiger partial charge on any atom is -0.550 e. The van der Waals surface area contributed by atoms with E-state index in [4.69, 9.17) is 19.4 Å². The van der Waals surface area contributed by atoms with Crippen molar-refractivity contribution in [2.45, 2.75) is 58.2 Å². The Bertz CT molecular complexity index is 1840. The first-order valence-corrected chi connectivity index (χ1v) is 17.2. The zero-order valence-corrected chi connectivity index (χ0v) is 32.3. The van der Waals surface area contributed by atoms with E-state index in [1.54, 1.807) is 32.5 Å². The van der Waals surface area contributed by atoms with Crippen molar-refractivity contribution in [3.05, 3.63) is 36.3 Å².